The van der Waals surface area contributed by atoms with Crippen molar-refractivity contribution in [2.24, 2.45) is 5.41 Å². The second-order valence-corrected chi connectivity index (χ2v) is 11.8. The minimum absolute atomic E-state index is 0.0292. The van der Waals surface area contributed by atoms with Gasteiger partial charge in [0.15, 0.2) is 0 Å². The molecule has 6 nitrogen and oxygen atoms in total. The molecule has 39 heavy (non-hydrogen) atoms. The average Bonchev–Trinajstić information content (AvgIpc) is 3.14. The van der Waals surface area contributed by atoms with Gasteiger partial charge in [-0.2, -0.15) is 13.2 Å². The molecule has 0 amide bonds. The van der Waals surface area contributed by atoms with Crippen molar-refractivity contribution in [3.8, 4) is 0 Å². The molecule has 1 aliphatic carbocycles. The molecule has 1 aromatic carbocycles. The fourth-order valence-electron chi connectivity index (χ4n) is 6.39. The molecule has 1 unspecified atom stereocenters. The number of aliphatic hydroxyl groups excluding tert-OH is 1. The van der Waals surface area contributed by atoms with Crippen LogP contribution in [0.5, 0.6) is 0 Å². The molecular formula is C29H33F4NO5. The lowest BCUT2D eigenvalue weighted by Gasteiger charge is -2.43. The number of halogens is 4. The molecule has 212 valence electrons. The minimum Gasteiger partial charge on any atom is -0.455 e. The highest BCUT2D eigenvalue weighted by Crippen LogP contribution is 2.60. The van der Waals surface area contributed by atoms with Crippen molar-refractivity contribution in [2.45, 2.75) is 89.9 Å². The Balaban J connectivity index is 1.81. The van der Waals surface area contributed by atoms with Crippen LogP contribution in [0.4, 0.5) is 17.6 Å². The zero-order valence-corrected chi connectivity index (χ0v) is 22.6. The third kappa shape index (κ3) is 4.64. The van der Waals surface area contributed by atoms with Gasteiger partial charge in [-0.3, -0.25) is 9.78 Å². The molecule has 5 rings (SSSR count). The number of carbonyl (C=O) groups excluding carboxylic acids is 1. The number of hydrogen-bond acceptors (Lipinski definition) is 6. The molecule has 1 fully saturated rings. The SMILES string of the molecule is CC(=O)O[C@H]1c2nc(C(C)C)c3c(c2C(O)CC1(C)C)C1(CCOCC1)O[C@@H]3c1ccc(C(F)(F)F)cc1F. The van der Waals surface area contributed by atoms with Gasteiger partial charge in [-0.1, -0.05) is 33.8 Å². The van der Waals surface area contributed by atoms with Crippen molar-refractivity contribution in [3.05, 3.63) is 63.2 Å². The van der Waals surface area contributed by atoms with E-state index in [-0.39, 0.29) is 17.9 Å². The summed E-state index contributed by atoms with van der Waals surface area (Å²) in [6, 6.07) is 2.46. The summed E-state index contributed by atoms with van der Waals surface area (Å²) < 4.78 is 73.4. The first-order valence-electron chi connectivity index (χ1n) is 13.2. The van der Waals surface area contributed by atoms with Crippen LogP contribution in [-0.4, -0.2) is 29.3 Å². The molecule has 1 aromatic heterocycles. The summed E-state index contributed by atoms with van der Waals surface area (Å²) in [6.45, 7) is 9.65. The van der Waals surface area contributed by atoms with Gasteiger partial charge in [-0.15, -0.1) is 0 Å². The van der Waals surface area contributed by atoms with E-state index in [1.807, 2.05) is 27.7 Å². The molecule has 2 aliphatic heterocycles. The van der Waals surface area contributed by atoms with Gasteiger partial charge in [0, 0.05) is 60.8 Å². The van der Waals surface area contributed by atoms with Gasteiger partial charge in [-0.05, 0) is 30.0 Å². The van der Waals surface area contributed by atoms with Crippen LogP contribution in [0.25, 0.3) is 0 Å². The Morgan fingerprint density at radius 2 is 1.85 bits per heavy atom. The Kier molecular flexibility index (Phi) is 6.83. The normalized spacial score (nSPS) is 25.5. The van der Waals surface area contributed by atoms with E-state index < -0.39 is 52.9 Å². The highest BCUT2D eigenvalue weighted by atomic mass is 19.4. The van der Waals surface area contributed by atoms with Gasteiger partial charge in [0.05, 0.1) is 23.0 Å². The van der Waals surface area contributed by atoms with Gasteiger partial charge in [-0.25, -0.2) is 4.39 Å². The maximum absolute atomic E-state index is 15.4. The second kappa shape index (κ2) is 9.52. The predicted molar refractivity (Wildman–Crippen MR) is 132 cm³/mol. The monoisotopic (exact) mass is 551 g/mol. The lowest BCUT2D eigenvalue weighted by Crippen LogP contribution is -2.39. The lowest BCUT2D eigenvalue weighted by atomic mass is 9.68. The first-order valence-corrected chi connectivity index (χ1v) is 13.2. The van der Waals surface area contributed by atoms with Gasteiger partial charge in [0.1, 0.15) is 18.0 Å². The summed E-state index contributed by atoms with van der Waals surface area (Å²) in [7, 11) is 0. The lowest BCUT2D eigenvalue weighted by molar-refractivity contribution is -0.157. The Bertz CT molecular complexity index is 1300. The van der Waals surface area contributed by atoms with Crippen LogP contribution >= 0.6 is 0 Å². The number of esters is 1. The highest BCUT2D eigenvalue weighted by molar-refractivity contribution is 5.67. The van der Waals surface area contributed by atoms with Gasteiger partial charge < -0.3 is 19.3 Å². The van der Waals surface area contributed by atoms with Crippen molar-refractivity contribution in [2.75, 3.05) is 13.2 Å². The molecule has 0 saturated carbocycles. The quantitative estimate of drug-likeness (QED) is 0.344. The molecule has 0 radical (unpaired) electrons. The van der Waals surface area contributed by atoms with Gasteiger partial charge in [0.25, 0.3) is 0 Å². The average molecular weight is 552 g/mol. The topological polar surface area (TPSA) is 77.9 Å². The minimum atomic E-state index is -4.69. The number of benzene rings is 1. The summed E-state index contributed by atoms with van der Waals surface area (Å²) in [4.78, 5) is 17.1. The Labute approximate surface area is 224 Å². The van der Waals surface area contributed by atoms with Crippen LogP contribution in [-0.2, 0) is 30.8 Å². The number of ether oxygens (including phenoxy) is 3. The smallest absolute Gasteiger partial charge is 0.416 e. The highest BCUT2D eigenvalue weighted by Gasteiger charge is 2.55. The Morgan fingerprint density at radius 1 is 1.18 bits per heavy atom. The molecule has 3 heterocycles. The number of aromatic nitrogens is 1. The van der Waals surface area contributed by atoms with E-state index in [0.29, 0.717) is 60.2 Å². The van der Waals surface area contributed by atoms with Crippen LogP contribution in [0.15, 0.2) is 18.2 Å². The molecule has 1 spiro atoms. The maximum atomic E-state index is 15.4. The van der Waals surface area contributed by atoms with Crippen molar-refractivity contribution in [1.29, 1.82) is 0 Å². The summed E-state index contributed by atoms with van der Waals surface area (Å²) in [5, 5.41) is 11.5. The summed E-state index contributed by atoms with van der Waals surface area (Å²) in [6.07, 6.45) is -6.35. The number of fused-ring (bicyclic) bond motifs is 4. The second-order valence-electron chi connectivity index (χ2n) is 11.8. The number of aliphatic hydroxyl groups is 1. The third-order valence-electron chi connectivity index (χ3n) is 8.14. The molecule has 10 heteroatoms. The first kappa shape index (κ1) is 28.0. The Hall–Kier alpha value is -2.56. The molecule has 3 aliphatic rings. The molecule has 3 atom stereocenters. The number of nitrogens with zero attached hydrogens (tertiary/aromatic N) is 1. The number of alkyl halides is 3. The molecule has 0 bridgehead atoms. The van der Waals surface area contributed by atoms with Crippen LogP contribution in [0, 0.1) is 11.2 Å². The van der Waals surface area contributed by atoms with Crippen molar-refractivity contribution in [1.82, 2.24) is 4.98 Å². The number of pyridine rings is 1. The van der Waals surface area contributed by atoms with E-state index in [4.69, 9.17) is 19.2 Å². The number of carbonyl (C=O) groups is 1. The molecule has 2 aromatic rings. The fraction of sp³-hybridized carbons (Fsp3) is 0.586. The number of hydrogen-bond donors (Lipinski definition) is 1. The maximum Gasteiger partial charge on any atom is 0.416 e. The van der Waals surface area contributed by atoms with Crippen LogP contribution in [0.2, 0.25) is 0 Å². The summed E-state index contributed by atoms with van der Waals surface area (Å²) in [5.74, 6) is -1.70. The van der Waals surface area contributed by atoms with Crippen molar-refractivity contribution < 1.29 is 41.7 Å². The standard InChI is InChI=1S/C29H33F4NO5/c1-14(2)23-21-22(20-19(36)13-27(4,5)26(24(20)34-23)38-15(3)35)28(8-10-37-11-9-28)39-25(21)17-7-6-16(12-18(17)30)29(31,32)33/h6-7,12,14,19,25-26,36H,8-11,13H2,1-5H3/t19?,25-,26+/m1/s1. The summed E-state index contributed by atoms with van der Waals surface area (Å²) >= 11 is 0. The largest absolute Gasteiger partial charge is 0.455 e. The zero-order chi connectivity index (χ0) is 28.5. The summed E-state index contributed by atoms with van der Waals surface area (Å²) in [5.41, 5.74) is 0.0149. The predicted octanol–water partition coefficient (Wildman–Crippen LogP) is 6.56. The van der Waals surface area contributed by atoms with Gasteiger partial charge >= 0.3 is 12.1 Å². The van der Waals surface area contributed by atoms with E-state index in [9.17, 15) is 23.1 Å². The first-order chi connectivity index (χ1) is 18.2. The zero-order valence-electron chi connectivity index (χ0n) is 22.6. The van der Waals surface area contributed by atoms with Crippen LogP contribution < -0.4 is 0 Å². The van der Waals surface area contributed by atoms with Crippen molar-refractivity contribution >= 4 is 5.97 Å². The van der Waals surface area contributed by atoms with E-state index in [1.54, 1.807) is 0 Å². The molecular weight excluding hydrogens is 518 g/mol. The molecule has 1 N–H and O–H groups in total. The van der Waals surface area contributed by atoms with E-state index in [0.717, 1.165) is 12.1 Å². The van der Waals surface area contributed by atoms with Crippen LogP contribution in [0.3, 0.4) is 0 Å². The van der Waals surface area contributed by atoms with Crippen molar-refractivity contribution in [3.63, 3.8) is 0 Å². The Morgan fingerprint density at radius 3 is 2.41 bits per heavy atom. The van der Waals surface area contributed by atoms with Crippen LogP contribution in [0.1, 0.15) is 117 Å². The third-order valence-corrected chi connectivity index (χ3v) is 8.14. The fourth-order valence-corrected chi connectivity index (χ4v) is 6.39. The van der Waals surface area contributed by atoms with E-state index in [2.05, 4.69) is 0 Å². The van der Waals surface area contributed by atoms with Gasteiger partial charge in [0.2, 0.25) is 0 Å². The van der Waals surface area contributed by atoms with E-state index in [1.165, 1.54) is 6.92 Å². The van der Waals surface area contributed by atoms with E-state index >= 15 is 4.39 Å². The number of rotatable bonds is 3. The molecule has 1 saturated heterocycles.